The minimum Gasteiger partial charge on any atom is -0.467 e. The number of nitrogens with one attached hydrogen (secondary N) is 1. The number of fused-ring (bicyclic) bond motifs is 1. The number of sulfonamides is 1. The predicted octanol–water partition coefficient (Wildman–Crippen LogP) is 1.90. The van der Waals surface area contributed by atoms with Crippen molar-refractivity contribution in [2.75, 3.05) is 18.5 Å². The Balaban J connectivity index is 1.60. The number of hydrogen-bond donors (Lipinski definition) is 1. The van der Waals surface area contributed by atoms with E-state index >= 15 is 0 Å². The molecule has 0 bridgehead atoms. The highest BCUT2D eigenvalue weighted by Crippen LogP contribution is 2.33. The van der Waals surface area contributed by atoms with Crippen molar-refractivity contribution in [2.45, 2.75) is 44.2 Å². The van der Waals surface area contributed by atoms with Gasteiger partial charge in [0.1, 0.15) is 5.76 Å². The molecule has 0 spiro atoms. The Morgan fingerprint density at radius 3 is 2.72 bits per heavy atom. The Morgan fingerprint density at radius 1 is 1.31 bits per heavy atom. The molecule has 1 aliphatic heterocycles. The van der Waals surface area contributed by atoms with Crippen LogP contribution in [0, 0.1) is 0 Å². The van der Waals surface area contributed by atoms with Gasteiger partial charge in [-0.05, 0) is 49.2 Å². The summed E-state index contributed by atoms with van der Waals surface area (Å²) in [5, 5.41) is 0. The molecule has 0 fully saturated rings. The van der Waals surface area contributed by atoms with Gasteiger partial charge in [0.05, 0.1) is 17.7 Å². The van der Waals surface area contributed by atoms with Gasteiger partial charge in [0.2, 0.25) is 21.8 Å². The van der Waals surface area contributed by atoms with Crippen LogP contribution >= 0.6 is 0 Å². The van der Waals surface area contributed by atoms with Crippen LogP contribution in [0.1, 0.15) is 31.6 Å². The van der Waals surface area contributed by atoms with Gasteiger partial charge in [-0.1, -0.05) is 0 Å². The number of amides is 2. The molecule has 1 aliphatic rings. The Morgan fingerprint density at radius 2 is 2.07 bits per heavy atom. The third kappa shape index (κ3) is 4.68. The van der Waals surface area contributed by atoms with Crippen LogP contribution in [0.4, 0.5) is 5.69 Å². The normalized spacial score (nSPS) is 16.0. The first-order valence-electron chi connectivity index (χ1n) is 9.38. The van der Waals surface area contributed by atoms with Gasteiger partial charge < -0.3 is 14.2 Å². The van der Waals surface area contributed by atoms with Gasteiger partial charge in [-0.2, -0.15) is 0 Å². The highest BCUT2D eigenvalue weighted by Gasteiger charge is 2.30. The summed E-state index contributed by atoms with van der Waals surface area (Å²) in [5.74, 6) is 0.402. The van der Waals surface area contributed by atoms with Gasteiger partial charge in [-0.3, -0.25) is 9.59 Å². The van der Waals surface area contributed by atoms with Crippen LogP contribution in [0.3, 0.4) is 0 Å². The molecule has 0 saturated heterocycles. The fourth-order valence-corrected chi connectivity index (χ4v) is 4.63. The van der Waals surface area contributed by atoms with Crippen LogP contribution < -0.4 is 9.62 Å². The van der Waals surface area contributed by atoms with Crippen LogP contribution in [0.5, 0.6) is 0 Å². The number of hydrogen-bond acceptors (Lipinski definition) is 5. The minimum absolute atomic E-state index is 0.00325. The molecule has 3 rings (SSSR count). The molecule has 29 heavy (non-hydrogen) atoms. The minimum atomic E-state index is -3.75. The Labute approximate surface area is 170 Å². The second-order valence-electron chi connectivity index (χ2n) is 7.21. The number of furan rings is 1. The SMILES string of the molecule is CC(=O)N1c2ccc(S(=O)(=O)NCCC(=O)N(C)Cc3ccco3)cc2C[C@@H]1C. The van der Waals surface area contributed by atoms with E-state index in [0.717, 1.165) is 11.3 Å². The first-order chi connectivity index (χ1) is 13.7. The maximum Gasteiger partial charge on any atom is 0.240 e. The van der Waals surface area contributed by atoms with Gasteiger partial charge in [-0.15, -0.1) is 0 Å². The van der Waals surface area contributed by atoms with Crippen LogP contribution in [0.25, 0.3) is 0 Å². The average Bonchev–Trinajstić information content (AvgIpc) is 3.26. The van der Waals surface area contributed by atoms with Gasteiger partial charge in [0.15, 0.2) is 0 Å². The molecule has 2 aromatic rings. The van der Waals surface area contributed by atoms with Crippen molar-refractivity contribution < 1.29 is 22.4 Å². The van der Waals surface area contributed by atoms with E-state index in [1.54, 1.807) is 36.2 Å². The van der Waals surface area contributed by atoms with Gasteiger partial charge >= 0.3 is 0 Å². The summed E-state index contributed by atoms with van der Waals surface area (Å²) in [6, 6.07) is 8.26. The first kappa shape index (κ1) is 21.1. The zero-order chi connectivity index (χ0) is 21.2. The molecule has 1 aromatic carbocycles. The Kier molecular flexibility index (Phi) is 6.09. The number of anilines is 1. The van der Waals surface area contributed by atoms with E-state index < -0.39 is 10.0 Å². The molecule has 156 valence electrons. The van der Waals surface area contributed by atoms with E-state index in [0.29, 0.717) is 18.7 Å². The van der Waals surface area contributed by atoms with Gasteiger partial charge in [0.25, 0.3) is 0 Å². The fourth-order valence-electron chi connectivity index (χ4n) is 3.55. The molecule has 2 heterocycles. The van der Waals surface area contributed by atoms with E-state index in [-0.39, 0.29) is 35.7 Å². The number of carbonyl (C=O) groups is 2. The fraction of sp³-hybridized carbons (Fsp3) is 0.400. The third-order valence-corrected chi connectivity index (χ3v) is 6.40. The number of carbonyl (C=O) groups excluding carboxylic acids is 2. The van der Waals surface area contributed by atoms with Crippen LogP contribution in [-0.4, -0.2) is 44.8 Å². The standard InChI is InChI=1S/C20H25N3O5S/c1-14-11-16-12-18(6-7-19(16)23(14)15(2)24)29(26,27)21-9-8-20(25)22(3)13-17-5-4-10-28-17/h4-7,10,12,14,21H,8-9,11,13H2,1-3H3/t14-/m0/s1. The summed E-state index contributed by atoms with van der Waals surface area (Å²) in [5.41, 5.74) is 1.57. The molecular weight excluding hydrogens is 394 g/mol. The van der Waals surface area contributed by atoms with Crippen molar-refractivity contribution >= 4 is 27.5 Å². The molecule has 0 saturated carbocycles. The smallest absolute Gasteiger partial charge is 0.240 e. The summed E-state index contributed by atoms with van der Waals surface area (Å²) >= 11 is 0. The van der Waals surface area contributed by atoms with E-state index in [2.05, 4.69) is 4.72 Å². The molecule has 1 atom stereocenters. The van der Waals surface area contributed by atoms with E-state index in [1.165, 1.54) is 24.2 Å². The lowest BCUT2D eigenvalue weighted by Gasteiger charge is -2.20. The average molecular weight is 420 g/mol. The highest BCUT2D eigenvalue weighted by atomic mass is 32.2. The van der Waals surface area contributed by atoms with Crippen molar-refractivity contribution in [3.8, 4) is 0 Å². The van der Waals surface area contributed by atoms with Crippen LogP contribution in [0.15, 0.2) is 45.9 Å². The molecular formula is C20H25N3O5S. The molecule has 8 nitrogen and oxygen atoms in total. The van der Waals surface area contributed by atoms with Gasteiger partial charge in [-0.25, -0.2) is 13.1 Å². The molecule has 9 heteroatoms. The quantitative estimate of drug-likeness (QED) is 0.739. The summed E-state index contributed by atoms with van der Waals surface area (Å²) in [7, 11) is -2.11. The van der Waals surface area contributed by atoms with Crippen molar-refractivity contribution in [1.29, 1.82) is 0 Å². The maximum absolute atomic E-state index is 12.6. The highest BCUT2D eigenvalue weighted by molar-refractivity contribution is 7.89. The zero-order valence-electron chi connectivity index (χ0n) is 16.7. The molecule has 1 aromatic heterocycles. The van der Waals surface area contributed by atoms with Crippen molar-refractivity contribution in [2.24, 2.45) is 0 Å². The van der Waals surface area contributed by atoms with Crippen molar-refractivity contribution in [3.63, 3.8) is 0 Å². The van der Waals surface area contributed by atoms with Crippen LogP contribution in [0.2, 0.25) is 0 Å². The largest absolute Gasteiger partial charge is 0.467 e. The topological polar surface area (TPSA) is 99.9 Å². The lowest BCUT2D eigenvalue weighted by atomic mass is 10.1. The Bertz CT molecular complexity index is 1000. The summed E-state index contributed by atoms with van der Waals surface area (Å²) in [6.07, 6.45) is 2.18. The zero-order valence-corrected chi connectivity index (χ0v) is 17.5. The Hall–Kier alpha value is -2.65. The van der Waals surface area contributed by atoms with E-state index in [1.807, 2.05) is 6.92 Å². The second kappa shape index (κ2) is 8.38. The maximum atomic E-state index is 12.6. The monoisotopic (exact) mass is 419 g/mol. The van der Waals surface area contributed by atoms with Crippen molar-refractivity contribution in [1.82, 2.24) is 9.62 Å². The lowest BCUT2D eigenvalue weighted by molar-refractivity contribution is -0.130. The van der Waals surface area contributed by atoms with E-state index in [9.17, 15) is 18.0 Å². The molecule has 2 amide bonds. The predicted molar refractivity (Wildman–Crippen MR) is 108 cm³/mol. The molecule has 0 unspecified atom stereocenters. The second-order valence-corrected chi connectivity index (χ2v) is 8.98. The third-order valence-electron chi connectivity index (χ3n) is 4.95. The van der Waals surface area contributed by atoms with E-state index in [4.69, 9.17) is 4.42 Å². The number of nitrogens with zero attached hydrogens (tertiary/aromatic N) is 2. The summed E-state index contributed by atoms with van der Waals surface area (Å²) < 4.78 is 32.9. The summed E-state index contributed by atoms with van der Waals surface area (Å²) in [6.45, 7) is 3.75. The van der Waals surface area contributed by atoms with Crippen molar-refractivity contribution in [3.05, 3.63) is 47.9 Å². The van der Waals surface area contributed by atoms with Crippen LogP contribution in [-0.2, 0) is 32.6 Å². The molecule has 0 aliphatic carbocycles. The molecule has 0 radical (unpaired) electrons. The number of benzene rings is 1. The molecule has 1 N–H and O–H groups in total. The first-order valence-corrected chi connectivity index (χ1v) is 10.9. The number of rotatable bonds is 7. The lowest BCUT2D eigenvalue weighted by Crippen LogP contribution is -2.33. The summed E-state index contributed by atoms with van der Waals surface area (Å²) in [4.78, 5) is 27.3. The van der Waals surface area contributed by atoms with Gasteiger partial charge in [0, 0.05) is 38.7 Å².